The minimum Gasteiger partial charge on any atom is -0.508 e. The van der Waals surface area contributed by atoms with Crippen LogP contribution >= 0.6 is 0 Å². The molecule has 1 unspecified atom stereocenters. The number of hydrogen-bond acceptors (Lipinski definition) is 2. The van der Waals surface area contributed by atoms with Crippen LogP contribution in [0.2, 0.25) is 0 Å². The fourth-order valence-electron chi connectivity index (χ4n) is 2.06. The molecule has 0 saturated carbocycles. The Morgan fingerprint density at radius 1 is 1.05 bits per heavy atom. The molecule has 0 heterocycles. The van der Waals surface area contributed by atoms with E-state index < -0.39 is 35.0 Å². The highest BCUT2D eigenvalue weighted by molar-refractivity contribution is 5.50. The van der Waals surface area contributed by atoms with Crippen LogP contribution in [-0.2, 0) is 0 Å². The van der Waals surface area contributed by atoms with E-state index in [2.05, 4.69) is 5.32 Å². The molecule has 0 saturated heterocycles. The third-order valence-electron chi connectivity index (χ3n) is 3.15. The molecule has 0 fully saturated rings. The maximum absolute atomic E-state index is 13.6. The van der Waals surface area contributed by atoms with E-state index in [1.54, 1.807) is 25.1 Å². The molecule has 0 spiro atoms. The molecule has 0 amide bonds. The molecular weight excluding hydrogens is 286 g/mol. The number of halogens is 4. The highest BCUT2D eigenvalue weighted by atomic mass is 19.2. The summed E-state index contributed by atoms with van der Waals surface area (Å²) in [5, 5.41) is 12.2. The minimum absolute atomic E-state index is 0.0745. The van der Waals surface area contributed by atoms with Crippen LogP contribution in [-0.4, -0.2) is 5.11 Å². The Kier molecular flexibility index (Phi) is 4.35. The average molecular weight is 299 g/mol. The van der Waals surface area contributed by atoms with Gasteiger partial charge in [-0.15, -0.1) is 0 Å². The van der Waals surface area contributed by atoms with Crippen molar-refractivity contribution in [1.29, 1.82) is 0 Å². The number of anilines is 1. The summed E-state index contributed by atoms with van der Waals surface area (Å²) in [6.45, 7) is 1.70. The first kappa shape index (κ1) is 15.2. The number of phenolic OH excluding ortho intramolecular Hbond substituents is 1. The summed E-state index contributed by atoms with van der Waals surface area (Å²) in [6, 6.07) is 5.65. The molecule has 0 aliphatic carbocycles. The van der Waals surface area contributed by atoms with Gasteiger partial charge in [0.2, 0.25) is 0 Å². The summed E-state index contributed by atoms with van der Waals surface area (Å²) in [5.74, 6) is -6.04. The molecule has 2 nitrogen and oxygen atoms in total. The van der Waals surface area contributed by atoms with Crippen LogP contribution in [0.3, 0.4) is 0 Å². The van der Waals surface area contributed by atoms with Gasteiger partial charge in [0, 0.05) is 11.6 Å². The molecule has 2 N–H and O–H groups in total. The van der Waals surface area contributed by atoms with E-state index in [1.165, 1.54) is 6.07 Å². The number of hydrogen-bond donors (Lipinski definition) is 2. The third-order valence-corrected chi connectivity index (χ3v) is 3.15. The lowest BCUT2D eigenvalue weighted by Gasteiger charge is -2.20. The van der Waals surface area contributed by atoms with Gasteiger partial charge in [-0.2, -0.15) is 0 Å². The van der Waals surface area contributed by atoms with E-state index in [0.717, 1.165) is 0 Å². The second kappa shape index (κ2) is 6.03. The van der Waals surface area contributed by atoms with Gasteiger partial charge in [0.25, 0.3) is 0 Å². The van der Waals surface area contributed by atoms with E-state index in [1.807, 2.05) is 0 Å². The lowest BCUT2D eigenvalue weighted by molar-refractivity contribution is 0.451. The number of benzene rings is 2. The van der Waals surface area contributed by atoms with Gasteiger partial charge in [-0.25, -0.2) is 17.6 Å². The van der Waals surface area contributed by atoms with Crippen LogP contribution in [0.15, 0.2) is 30.3 Å². The maximum atomic E-state index is 13.6. The zero-order valence-corrected chi connectivity index (χ0v) is 11.1. The zero-order valence-electron chi connectivity index (χ0n) is 11.1. The van der Waals surface area contributed by atoms with Crippen LogP contribution in [0.25, 0.3) is 0 Å². The summed E-state index contributed by atoms with van der Waals surface area (Å²) in [7, 11) is 0. The SMILES string of the molecule is CCC(Nc1c(F)c(F)cc(F)c1F)c1ccccc1O. The zero-order chi connectivity index (χ0) is 15.6. The molecule has 1 atom stereocenters. The van der Waals surface area contributed by atoms with Crippen LogP contribution in [0.4, 0.5) is 23.2 Å². The van der Waals surface area contributed by atoms with Gasteiger partial charge >= 0.3 is 0 Å². The minimum atomic E-state index is -1.50. The topological polar surface area (TPSA) is 32.3 Å². The van der Waals surface area contributed by atoms with Gasteiger partial charge in [0.1, 0.15) is 11.4 Å². The Labute approximate surface area is 119 Å². The Morgan fingerprint density at radius 2 is 1.62 bits per heavy atom. The predicted molar refractivity (Wildman–Crippen MR) is 71.0 cm³/mol. The molecule has 2 aromatic carbocycles. The molecule has 0 aromatic heterocycles. The first-order chi connectivity index (χ1) is 9.95. The Hall–Kier alpha value is -2.24. The molecule has 21 heavy (non-hydrogen) atoms. The molecule has 2 aromatic rings. The molecule has 0 radical (unpaired) electrons. The molecule has 112 valence electrons. The monoisotopic (exact) mass is 299 g/mol. The normalized spacial score (nSPS) is 12.2. The molecule has 0 bridgehead atoms. The van der Waals surface area contributed by atoms with Crippen molar-refractivity contribution in [2.24, 2.45) is 0 Å². The molecule has 0 aliphatic rings. The fourth-order valence-corrected chi connectivity index (χ4v) is 2.06. The van der Waals surface area contributed by atoms with Crippen molar-refractivity contribution in [1.82, 2.24) is 0 Å². The largest absolute Gasteiger partial charge is 0.508 e. The van der Waals surface area contributed by atoms with Crippen LogP contribution in [0, 0.1) is 23.3 Å². The van der Waals surface area contributed by atoms with Crippen molar-refractivity contribution in [3.8, 4) is 5.75 Å². The fraction of sp³-hybridized carbons (Fsp3) is 0.200. The second-order valence-electron chi connectivity index (χ2n) is 4.51. The van der Waals surface area contributed by atoms with Gasteiger partial charge < -0.3 is 10.4 Å². The lowest BCUT2D eigenvalue weighted by Crippen LogP contribution is -2.14. The smallest absolute Gasteiger partial charge is 0.185 e. The van der Waals surface area contributed by atoms with Crippen molar-refractivity contribution in [3.05, 3.63) is 59.2 Å². The Bertz CT molecular complexity index is 634. The number of para-hydroxylation sites is 1. The summed E-state index contributed by atoms with van der Waals surface area (Å²) in [5.41, 5.74) is -0.508. The quantitative estimate of drug-likeness (QED) is 0.643. The van der Waals surface area contributed by atoms with Gasteiger partial charge in [-0.05, 0) is 12.5 Å². The molecule has 0 aliphatic heterocycles. The van der Waals surface area contributed by atoms with E-state index in [0.29, 0.717) is 12.0 Å². The molecular formula is C15H13F4NO. The van der Waals surface area contributed by atoms with E-state index >= 15 is 0 Å². The molecule has 2 rings (SSSR count). The van der Waals surface area contributed by atoms with Crippen molar-refractivity contribution in [2.45, 2.75) is 19.4 Å². The Morgan fingerprint density at radius 3 is 2.14 bits per heavy atom. The van der Waals surface area contributed by atoms with Crippen molar-refractivity contribution < 1.29 is 22.7 Å². The van der Waals surface area contributed by atoms with E-state index in [-0.39, 0.29) is 11.8 Å². The van der Waals surface area contributed by atoms with Crippen molar-refractivity contribution in [2.75, 3.05) is 5.32 Å². The predicted octanol–water partition coefficient (Wildman–Crippen LogP) is 4.51. The number of rotatable bonds is 4. The highest BCUT2D eigenvalue weighted by Gasteiger charge is 2.22. The highest BCUT2D eigenvalue weighted by Crippen LogP contribution is 2.32. The average Bonchev–Trinajstić information content (AvgIpc) is 2.47. The Balaban J connectivity index is 2.43. The summed E-state index contributed by atoms with van der Waals surface area (Å²) in [4.78, 5) is 0. The van der Waals surface area contributed by atoms with E-state index in [9.17, 15) is 22.7 Å². The van der Waals surface area contributed by atoms with Crippen molar-refractivity contribution in [3.63, 3.8) is 0 Å². The second-order valence-corrected chi connectivity index (χ2v) is 4.51. The number of nitrogens with one attached hydrogen (secondary N) is 1. The summed E-state index contributed by atoms with van der Waals surface area (Å²) in [6.07, 6.45) is 0.342. The van der Waals surface area contributed by atoms with Crippen LogP contribution in [0.5, 0.6) is 5.75 Å². The van der Waals surface area contributed by atoms with Gasteiger partial charge in [-0.1, -0.05) is 25.1 Å². The summed E-state index contributed by atoms with van der Waals surface area (Å²) < 4.78 is 53.7. The number of phenols is 1. The van der Waals surface area contributed by atoms with E-state index in [4.69, 9.17) is 0 Å². The van der Waals surface area contributed by atoms with Crippen LogP contribution < -0.4 is 5.32 Å². The van der Waals surface area contributed by atoms with Gasteiger partial charge in [0.05, 0.1) is 6.04 Å². The van der Waals surface area contributed by atoms with Crippen molar-refractivity contribution >= 4 is 5.69 Å². The first-order valence-corrected chi connectivity index (χ1v) is 6.33. The van der Waals surface area contributed by atoms with Gasteiger partial charge in [0.15, 0.2) is 23.3 Å². The maximum Gasteiger partial charge on any atom is 0.185 e. The lowest BCUT2D eigenvalue weighted by atomic mass is 10.0. The number of aromatic hydroxyl groups is 1. The third kappa shape index (κ3) is 2.94. The molecule has 6 heteroatoms. The summed E-state index contributed by atoms with van der Waals surface area (Å²) >= 11 is 0. The standard InChI is InChI=1S/C15H13F4NO/c1-2-11(8-5-3-4-6-12(8)21)20-15-13(18)9(16)7-10(17)14(15)19/h3-7,11,20-21H,2H2,1H3. The van der Waals surface area contributed by atoms with Crippen LogP contribution in [0.1, 0.15) is 24.9 Å². The first-order valence-electron chi connectivity index (χ1n) is 6.33. The van der Waals surface area contributed by atoms with Gasteiger partial charge in [-0.3, -0.25) is 0 Å².